The molecule has 20 heavy (non-hydrogen) atoms. The quantitative estimate of drug-likeness (QED) is 0.747. The number of hydrogen-bond donors (Lipinski definition) is 2. The van der Waals surface area contributed by atoms with Crippen LogP contribution >= 0.6 is 0 Å². The number of anilines is 2. The van der Waals surface area contributed by atoms with Gasteiger partial charge >= 0.3 is 0 Å². The van der Waals surface area contributed by atoms with Crippen LogP contribution in [0.3, 0.4) is 0 Å². The van der Waals surface area contributed by atoms with E-state index in [1.807, 2.05) is 26.1 Å². The number of amides is 1. The first-order chi connectivity index (χ1) is 9.54. The van der Waals surface area contributed by atoms with Gasteiger partial charge in [-0.1, -0.05) is 12.1 Å². The highest BCUT2D eigenvalue weighted by atomic mass is 16.1. The number of nitrogens with two attached hydrogens (primary N) is 1. The van der Waals surface area contributed by atoms with Gasteiger partial charge in [0, 0.05) is 12.5 Å². The van der Waals surface area contributed by atoms with Crippen LogP contribution in [0.4, 0.5) is 11.4 Å². The molecular formula is C15H22N4O. The van der Waals surface area contributed by atoms with Crippen molar-refractivity contribution in [3.63, 3.8) is 0 Å². The summed E-state index contributed by atoms with van der Waals surface area (Å²) in [5.41, 5.74) is 6.99. The fourth-order valence-corrected chi connectivity index (χ4v) is 1.82. The van der Waals surface area contributed by atoms with Gasteiger partial charge in [0.25, 0.3) is 0 Å². The molecule has 1 unspecified atom stereocenters. The highest BCUT2D eigenvalue weighted by Gasteiger charge is 2.09. The number of nitrogens with zero attached hydrogens (tertiary/aromatic N) is 2. The predicted octanol–water partition coefficient (Wildman–Crippen LogP) is 2.22. The van der Waals surface area contributed by atoms with E-state index in [9.17, 15) is 4.79 Å². The Hall–Kier alpha value is -2.06. The van der Waals surface area contributed by atoms with Crippen LogP contribution in [0.15, 0.2) is 24.3 Å². The van der Waals surface area contributed by atoms with Crippen molar-refractivity contribution < 1.29 is 4.79 Å². The molecule has 0 spiro atoms. The van der Waals surface area contributed by atoms with Crippen LogP contribution in [0.1, 0.15) is 26.2 Å². The van der Waals surface area contributed by atoms with Gasteiger partial charge in [0.1, 0.15) is 0 Å². The number of carbonyl (C=O) groups excluding carboxylic acids is 1. The van der Waals surface area contributed by atoms with Gasteiger partial charge in [-0.3, -0.25) is 4.79 Å². The molecule has 0 fully saturated rings. The topological polar surface area (TPSA) is 82.2 Å². The summed E-state index contributed by atoms with van der Waals surface area (Å²) in [5, 5.41) is 11.4. The maximum Gasteiger partial charge on any atom is 0.224 e. The molecule has 5 heteroatoms. The van der Waals surface area contributed by atoms with Crippen LogP contribution in [-0.2, 0) is 4.79 Å². The zero-order valence-corrected chi connectivity index (χ0v) is 12.1. The van der Waals surface area contributed by atoms with Crippen LogP contribution in [0.5, 0.6) is 0 Å². The maximum absolute atomic E-state index is 11.8. The van der Waals surface area contributed by atoms with Gasteiger partial charge in [-0.25, -0.2) is 0 Å². The fraction of sp³-hybridized carbons (Fsp3) is 0.467. The Morgan fingerprint density at radius 3 is 2.85 bits per heavy atom. The van der Waals surface area contributed by atoms with Crippen LogP contribution in [0, 0.1) is 11.3 Å². The monoisotopic (exact) mass is 274 g/mol. The van der Waals surface area contributed by atoms with Crippen LogP contribution in [0.25, 0.3) is 0 Å². The van der Waals surface area contributed by atoms with E-state index in [0.717, 1.165) is 13.0 Å². The number of nitrogen functional groups attached to an aromatic ring is 1. The van der Waals surface area contributed by atoms with E-state index in [-0.39, 0.29) is 11.9 Å². The van der Waals surface area contributed by atoms with Gasteiger partial charge in [-0.2, -0.15) is 5.26 Å². The van der Waals surface area contributed by atoms with Crippen LogP contribution in [-0.4, -0.2) is 30.4 Å². The Balaban J connectivity index is 2.31. The minimum atomic E-state index is -0.0377. The molecular weight excluding hydrogens is 252 g/mol. The third-order valence-corrected chi connectivity index (χ3v) is 3.29. The molecule has 1 aromatic rings. The molecule has 1 atom stereocenters. The summed E-state index contributed by atoms with van der Waals surface area (Å²) >= 11 is 0. The van der Waals surface area contributed by atoms with Crippen molar-refractivity contribution in [3.05, 3.63) is 24.3 Å². The van der Waals surface area contributed by atoms with Crippen molar-refractivity contribution in [1.82, 2.24) is 4.90 Å². The Morgan fingerprint density at radius 1 is 1.50 bits per heavy atom. The smallest absolute Gasteiger partial charge is 0.224 e. The first-order valence-corrected chi connectivity index (χ1v) is 6.76. The lowest BCUT2D eigenvalue weighted by Gasteiger charge is -2.22. The van der Waals surface area contributed by atoms with Crippen molar-refractivity contribution >= 4 is 17.3 Å². The molecule has 1 rings (SSSR count). The van der Waals surface area contributed by atoms with Gasteiger partial charge < -0.3 is 16.0 Å². The lowest BCUT2D eigenvalue weighted by molar-refractivity contribution is -0.116. The standard InChI is InChI=1S/C15H22N4O/c1-12(9-10-16)19(2)11-5-8-15(20)18-14-7-4-3-6-13(14)17/h3-4,6-7,12H,5,8-9,11,17H2,1-2H3,(H,18,20). The van der Waals surface area contributed by atoms with Crippen molar-refractivity contribution in [2.75, 3.05) is 24.6 Å². The minimum Gasteiger partial charge on any atom is -0.397 e. The molecule has 1 amide bonds. The van der Waals surface area contributed by atoms with Crippen molar-refractivity contribution in [3.8, 4) is 6.07 Å². The summed E-state index contributed by atoms with van der Waals surface area (Å²) in [6.07, 6.45) is 1.70. The molecule has 3 N–H and O–H groups in total. The summed E-state index contributed by atoms with van der Waals surface area (Å²) in [6.45, 7) is 2.80. The lowest BCUT2D eigenvalue weighted by atomic mass is 10.2. The first-order valence-electron chi connectivity index (χ1n) is 6.76. The third-order valence-electron chi connectivity index (χ3n) is 3.29. The molecule has 5 nitrogen and oxygen atoms in total. The Morgan fingerprint density at radius 2 is 2.20 bits per heavy atom. The van der Waals surface area contributed by atoms with Crippen molar-refractivity contribution in [1.29, 1.82) is 5.26 Å². The van der Waals surface area contributed by atoms with E-state index in [1.165, 1.54) is 0 Å². The summed E-state index contributed by atoms with van der Waals surface area (Å²) < 4.78 is 0. The molecule has 0 radical (unpaired) electrons. The van der Waals surface area contributed by atoms with Gasteiger partial charge in [0.2, 0.25) is 5.91 Å². The number of nitrogens with one attached hydrogen (secondary N) is 1. The normalized spacial score (nSPS) is 11.9. The molecule has 108 valence electrons. The SMILES string of the molecule is CC(CC#N)N(C)CCCC(=O)Nc1ccccc1N. The molecule has 0 bridgehead atoms. The maximum atomic E-state index is 11.8. The van der Waals surface area contributed by atoms with E-state index in [2.05, 4.69) is 16.3 Å². The zero-order chi connectivity index (χ0) is 15.0. The lowest BCUT2D eigenvalue weighted by Crippen LogP contribution is -2.30. The number of para-hydroxylation sites is 2. The highest BCUT2D eigenvalue weighted by Crippen LogP contribution is 2.17. The largest absolute Gasteiger partial charge is 0.397 e. The van der Waals surface area contributed by atoms with Gasteiger partial charge in [-0.15, -0.1) is 0 Å². The number of nitriles is 1. The van der Waals surface area contributed by atoms with Gasteiger partial charge in [0.05, 0.1) is 23.9 Å². The van der Waals surface area contributed by atoms with Gasteiger partial charge in [0.15, 0.2) is 0 Å². The van der Waals surface area contributed by atoms with E-state index >= 15 is 0 Å². The zero-order valence-electron chi connectivity index (χ0n) is 12.1. The third kappa shape index (κ3) is 5.29. The summed E-state index contributed by atoms with van der Waals surface area (Å²) in [6, 6.07) is 9.58. The van der Waals surface area contributed by atoms with Gasteiger partial charge in [-0.05, 0) is 39.1 Å². The summed E-state index contributed by atoms with van der Waals surface area (Å²) in [7, 11) is 1.97. The Labute approximate surface area is 120 Å². The van der Waals surface area contributed by atoms with Crippen LogP contribution < -0.4 is 11.1 Å². The first kappa shape index (κ1) is 16.0. The molecule has 0 aliphatic carbocycles. The molecule has 0 heterocycles. The second-order valence-electron chi connectivity index (χ2n) is 4.93. The van der Waals surface area contributed by atoms with Crippen molar-refractivity contribution in [2.45, 2.75) is 32.2 Å². The molecule has 0 saturated heterocycles. The molecule has 0 aliphatic heterocycles. The predicted molar refractivity (Wildman–Crippen MR) is 81.0 cm³/mol. The molecule has 0 aliphatic rings. The second-order valence-corrected chi connectivity index (χ2v) is 4.93. The fourth-order valence-electron chi connectivity index (χ4n) is 1.82. The van der Waals surface area contributed by atoms with Crippen LogP contribution in [0.2, 0.25) is 0 Å². The number of rotatable bonds is 7. The summed E-state index contributed by atoms with van der Waals surface area (Å²) in [5.74, 6) is -0.0377. The van der Waals surface area contributed by atoms with E-state index in [4.69, 9.17) is 11.0 Å². The van der Waals surface area contributed by atoms with Crippen molar-refractivity contribution in [2.24, 2.45) is 0 Å². The van der Waals surface area contributed by atoms with E-state index in [0.29, 0.717) is 24.2 Å². The average molecular weight is 274 g/mol. The highest BCUT2D eigenvalue weighted by molar-refractivity contribution is 5.93. The second kappa shape index (κ2) is 8.18. The number of benzene rings is 1. The molecule has 0 aromatic heterocycles. The average Bonchev–Trinajstić information content (AvgIpc) is 2.41. The Bertz CT molecular complexity index is 481. The number of hydrogen-bond acceptors (Lipinski definition) is 4. The Kier molecular flexibility index (Phi) is 6.54. The van der Waals surface area contributed by atoms with E-state index < -0.39 is 0 Å². The molecule has 0 saturated carbocycles. The number of carbonyl (C=O) groups is 1. The summed E-state index contributed by atoms with van der Waals surface area (Å²) in [4.78, 5) is 13.9. The molecule has 1 aromatic carbocycles. The van der Waals surface area contributed by atoms with E-state index in [1.54, 1.807) is 12.1 Å². The minimum absolute atomic E-state index is 0.0377.